The minimum absolute atomic E-state index is 0. The average molecular weight is 401 g/mol. The molecule has 1 aliphatic heterocycles. The highest BCUT2D eigenvalue weighted by Gasteiger charge is 2.29. The minimum atomic E-state index is 0. The van der Waals surface area contributed by atoms with E-state index in [0.717, 1.165) is 12.0 Å². The second-order valence-corrected chi connectivity index (χ2v) is 6.81. The van der Waals surface area contributed by atoms with Gasteiger partial charge in [-0.2, -0.15) is 4.99 Å². The van der Waals surface area contributed by atoms with Gasteiger partial charge in [0.2, 0.25) is 5.96 Å². The van der Waals surface area contributed by atoms with E-state index in [1.165, 1.54) is 5.56 Å². The average Bonchev–Trinajstić information content (AvgIpc) is 3.15. The Morgan fingerprint density at radius 3 is 2.29 bits per heavy atom. The maximum Gasteiger partial charge on any atom is 0.301 e. The Labute approximate surface area is 172 Å². The Hall–Kier alpha value is -2.73. The predicted octanol–water partition coefficient (Wildman–Crippen LogP) is 3.97. The van der Waals surface area contributed by atoms with E-state index in [4.69, 9.17) is 4.84 Å². The molecule has 1 aliphatic rings. The van der Waals surface area contributed by atoms with Crippen LogP contribution < -0.4 is 0 Å². The Morgan fingerprint density at radius 1 is 1.07 bits per heavy atom. The molecule has 28 heavy (non-hydrogen) atoms. The number of halogens is 1. The summed E-state index contributed by atoms with van der Waals surface area (Å²) in [5.74, 6) is 1.19. The number of guanidine groups is 1. The van der Waals surface area contributed by atoms with Crippen molar-refractivity contribution in [3.8, 4) is 0 Å². The summed E-state index contributed by atoms with van der Waals surface area (Å²) < 4.78 is 1.93. The van der Waals surface area contributed by atoms with Crippen LogP contribution in [0.5, 0.6) is 0 Å². The molecule has 0 radical (unpaired) electrons. The summed E-state index contributed by atoms with van der Waals surface area (Å²) in [6.07, 6.45) is 0.906. The van der Waals surface area contributed by atoms with E-state index in [9.17, 15) is 0 Å². The monoisotopic (exact) mass is 400 g/mol. The van der Waals surface area contributed by atoms with E-state index < -0.39 is 0 Å². The molecule has 148 valence electrons. The van der Waals surface area contributed by atoms with E-state index in [0.29, 0.717) is 24.9 Å². The molecule has 0 aliphatic carbocycles. The first-order valence-electron chi connectivity index (χ1n) is 9.13. The number of hydrogen-bond donors (Lipinski definition) is 0. The van der Waals surface area contributed by atoms with Crippen LogP contribution in [0.3, 0.4) is 0 Å². The predicted molar refractivity (Wildman–Crippen MR) is 114 cm³/mol. The van der Waals surface area contributed by atoms with Gasteiger partial charge in [0.25, 0.3) is 6.54 Å². The number of benzene rings is 2. The topological polar surface area (TPSA) is 52.6 Å². The van der Waals surface area contributed by atoms with Gasteiger partial charge >= 0.3 is 5.90 Å². The Kier molecular flexibility index (Phi) is 8.14. The van der Waals surface area contributed by atoms with Crippen molar-refractivity contribution in [3.05, 3.63) is 71.8 Å². The molecule has 0 aromatic heterocycles. The van der Waals surface area contributed by atoms with Crippen molar-refractivity contribution in [2.75, 3.05) is 20.6 Å². The van der Waals surface area contributed by atoms with Gasteiger partial charge in [-0.3, -0.25) is 4.84 Å². The van der Waals surface area contributed by atoms with Gasteiger partial charge in [0.1, 0.15) is 0 Å². The van der Waals surface area contributed by atoms with Crippen LogP contribution in [0.4, 0.5) is 0 Å². The van der Waals surface area contributed by atoms with Crippen LogP contribution in [-0.4, -0.2) is 48.1 Å². The van der Waals surface area contributed by atoms with Crippen molar-refractivity contribution in [3.63, 3.8) is 0 Å². The SMILES string of the molecule is CC(Cc1ccccc1)[N+]1=NO/C(=N/C(=NCc2ccccc2)N(C)C)C1.Cl. The second-order valence-electron chi connectivity index (χ2n) is 6.81. The van der Waals surface area contributed by atoms with Crippen molar-refractivity contribution in [1.82, 2.24) is 4.90 Å². The molecule has 2 aromatic carbocycles. The van der Waals surface area contributed by atoms with E-state index in [1.54, 1.807) is 0 Å². The normalized spacial score (nSPS) is 16.2. The molecule has 7 heteroatoms. The fraction of sp³-hybridized carbons (Fsp3) is 0.333. The molecule has 3 rings (SSSR count). The number of rotatable bonds is 5. The molecule has 1 unspecified atom stereocenters. The maximum absolute atomic E-state index is 5.45. The molecule has 0 spiro atoms. The second kappa shape index (κ2) is 10.6. The van der Waals surface area contributed by atoms with Gasteiger partial charge in [-0.1, -0.05) is 65.4 Å². The van der Waals surface area contributed by atoms with Gasteiger partial charge in [-0.15, -0.1) is 12.4 Å². The summed E-state index contributed by atoms with van der Waals surface area (Å²) in [7, 11) is 3.85. The molecule has 0 saturated carbocycles. The lowest BCUT2D eigenvalue weighted by molar-refractivity contribution is -0.616. The molecule has 0 fully saturated rings. The highest BCUT2D eigenvalue weighted by Crippen LogP contribution is 2.10. The third-order valence-corrected chi connectivity index (χ3v) is 4.30. The molecule has 0 saturated heterocycles. The van der Waals surface area contributed by atoms with E-state index in [-0.39, 0.29) is 18.4 Å². The molecule has 1 atom stereocenters. The van der Waals surface area contributed by atoms with E-state index >= 15 is 0 Å². The number of aliphatic imine (C=N–C) groups is 2. The Morgan fingerprint density at radius 2 is 1.68 bits per heavy atom. The Balaban J connectivity index is 0.00000280. The quantitative estimate of drug-likeness (QED) is 0.433. The van der Waals surface area contributed by atoms with E-state index in [1.807, 2.05) is 48.0 Å². The molecule has 0 bridgehead atoms. The molecule has 1 heterocycles. The van der Waals surface area contributed by atoms with Crippen LogP contribution in [0, 0.1) is 0 Å². The minimum Gasteiger partial charge on any atom is -0.347 e. The standard InChI is InChI=1S/C21H26N5O.ClH/c1-17(14-18-10-6-4-7-11-18)26-16-20(27-24-26)23-21(25(2)3)22-15-19-12-8-5-9-13-19;/h4-13,17H,14-16H2,1-3H3;1H/q+1;/b22-21?,23-20+;. The molecular weight excluding hydrogens is 374 g/mol. The van der Waals surface area contributed by atoms with Crippen molar-refractivity contribution in [1.29, 1.82) is 0 Å². The summed E-state index contributed by atoms with van der Waals surface area (Å²) in [5.41, 5.74) is 2.43. The first-order chi connectivity index (χ1) is 13.1. The van der Waals surface area contributed by atoms with Gasteiger partial charge < -0.3 is 4.90 Å². The van der Waals surface area contributed by atoms with Crippen molar-refractivity contribution in [2.24, 2.45) is 15.3 Å². The summed E-state index contributed by atoms with van der Waals surface area (Å²) in [5, 5.41) is 4.17. The van der Waals surface area contributed by atoms with Crippen LogP contribution >= 0.6 is 12.4 Å². The first kappa shape index (κ1) is 21.6. The van der Waals surface area contributed by atoms with Gasteiger partial charge in [-0.25, -0.2) is 4.99 Å². The highest BCUT2D eigenvalue weighted by molar-refractivity contribution is 5.93. The van der Waals surface area contributed by atoms with Gasteiger partial charge in [0.05, 0.1) is 6.54 Å². The van der Waals surface area contributed by atoms with Crippen molar-refractivity contribution >= 4 is 24.3 Å². The molecule has 6 nitrogen and oxygen atoms in total. The van der Waals surface area contributed by atoms with Gasteiger partial charge in [0, 0.05) is 27.4 Å². The highest BCUT2D eigenvalue weighted by atomic mass is 35.5. The Bertz CT molecular complexity index is 834. The summed E-state index contributed by atoms with van der Waals surface area (Å²) in [4.78, 5) is 16.5. The van der Waals surface area contributed by atoms with Crippen LogP contribution in [0.2, 0.25) is 0 Å². The fourth-order valence-corrected chi connectivity index (χ4v) is 2.78. The third kappa shape index (κ3) is 6.16. The zero-order valence-electron chi connectivity index (χ0n) is 16.5. The van der Waals surface area contributed by atoms with Crippen molar-refractivity contribution < 1.29 is 9.53 Å². The first-order valence-corrected chi connectivity index (χ1v) is 9.13. The van der Waals surface area contributed by atoms with Gasteiger partial charge in [-0.05, 0) is 11.1 Å². The largest absolute Gasteiger partial charge is 0.347 e. The molecular formula is C21H27ClN5O+. The maximum atomic E-state index is 5.45. The van der Waals surface area contributed by atoms with Crippen LogP contribution in [0.25, 0.3) is 0 Å². The lowest BCUT2D eigenvalue weighted by Crippen LogP contribution is -2.27. The number of nitrogens with zero attached hydrogens (tertiary/aromatic N) is 5. The smallest absolute Gasteiger partial charge is 0.301 e. The van der Waals surface area contributed by atoms with E-state index in [2.05, 4.69) is 58.6 Å². The zero-order valence-corrected chi connectivity index (χ0v) is 17.3. The van der Waals surface area contributed by atoms with Crippen molar-refractivity contribution in [2.45, 2.75) is 25.9 Å². The lowest BCUT2D eigenvalue weighted by Gasteiger charge is -2.11. The molecule has 0 N–H and O–H groups in total. The summed E-state index contributed by atoms with van der Waals surface area (Å²) >= 11 is 0. The zero-order chi connectivity index (χ0) is 19.1. The fourth-order valence-electron chi connectivity index (χ4n) is 2.78. The lowest BCUT2D eigenvalue weighted by atomic mass is 10.1. The summed E-state index contributed by atoms with van der Waals surface area (Å²) in [6.45, 7) is 3.27. The van der Waals surface area contributed by atoms with Crippen LogP contribution in [0.1, 0.15) is 18.1 Å². The van der Waals surface area contributed by atoms with Crippen LogP contribution in [-0.2, 0) is 17.8 Å². The molecule has 0 amide bonds. The third-order valence-electron chi connectivity index (χ3n) is 4.30. The summed E-state index contributed by atoms with van der Waals surface area (Å²) in [6, 6.07) is 20.7. The van der Waals surface area contributed by atoms with Crippen LogP contribution in [0.15, 0.2) is 75.9 Å². The number of hydrogen-bond acceptors (Lipinski definition) is 3. The molecule has 2 aromatic rings. The van der Waals surface area contributed by atoms with Gasteiger partial charge in [0.15, 0.2) is 11.3 Å².